The van der Waals surface area contributed by atoms with Crippen LogP contribution in [0.3, 0.4) is 0 Å². The first kappa shape index (κ1) is 20.3. The normalized spacial score (nSPS) is 16.0. The minimum absolute atomic E-state index is 0.0126. The van der Waals surface area contributed by atoms with Crippen molar-refractivity contribution >= 4 is 22.0 Å². The van der Waals surface area contributed by atoms with Gasteiger partial charge in [0.15, 0.2) is 0 Å². The van der Waals surface area contributed by atoms with Crippen molar-refractivity contribution in [2.45, 2.75) is 19.6 Å². The Bertz CT molecular complexity index is 972. The minimum Gasteiger partial charge on any atom is -0.337 e. The van der Waals surface area contributed by atoms with Crippen LogP contribution in [-0.2, 0) is 27.6 Å². The molecule has 7 nitrogen and oxygen atoms in total. The summed E-state index contributed by atoms with van der Waals surface area (Å²) in [5.74, 6) is -0.121. The van der Waals surface area contributed by atoms with Crippen LogP contribution in [0.5, 0.6) is 0 Å². The van der Waals surface area contributed by atoms with Crippen molar-refractivity contribution in [2.24, 2.45) is 7.05 Å². The lowest BCUT2D eigenvalue weighted by atomic mass is 10.2. The molecule has 0 aliphatic carbocycles. The van der Waals surface area contributed by atoms with E-state index in [0.717, 1.165) is 22.5 Å². The van der Waals surface area contributed by atoms with Crippen molar-refractivity contribution in [3.8, 4) is 0 Å². The maximum absolute atomic E-state index is 12.6. The molecule has 0 atom stereocenters. The molecule has 1 aromatic heterocycles. The summed E-state index contributed by atoms with van der Waals surface area (Å²) in [6.07, 6.45) is 3.34. The van der Waals surface area contributed by atoms with Crippen LogP contribution in [0.4, 0.5) is 0 Å². The van der Waals surface area contributed by atoms with Gasteiger partial charge in [0.1, 0.15) is 0 Å². The number of aromatic nitrogens is 2. The molecule has 0 spiro atoms. The molecule has 0 radical (unpaired) electrons. The van der Waals surface area contributed by atoms with E-state index in [1.807, 2.05) is 51.2 Å². The van der Waals surface area contributed by atoms with E-state index < -0.39 is 10.0 Å². The second-order valence-electron chi connectivity index (χ2n) is 7.01. The molecule has 0 unspecified atom stereocenters. The number of aryl methyl sites for hydroxylation is 2. The maximum Gasteiger partial charge on any atom is 0.246 e. The van der Waals surface area contributed by atoms with Crippen LogP contribution in [0.2, 0.25) is 0 Å². The Morgan fingerprint density at radius 3 is 2.32 bits per heavy atom. The summed E-state index contributed by atoms with van der Waals surface area (Å²) in [6.45, 7) is 5.29. The third-order valence-corrected chi connectivity index (χ3v) is 6.94. The molecule has 8 heteroatoms. The highest BCUT2D eigenvalue weighted by Gasteiger charge is 2.28. The van der Waals surface area contributed by atoms with Crippen LogP contribution in [0, 0.1) is 13.8 Å². The van der Waals surface area contributed by atoms with Gasteiger partial charge in [-0.1, -0.05) is 30.3 Å². The Labute approximate surface area is 166 Å². The van der Waals surface area contributed by atoms with E-state index in [9.17, 15) is 13.2 Å². The number of piperazine rings is 1. The monoisotopic (exact) mass is 402 g/mol. The van der Waals surface area contributed by atoms with Crippen molar-refractivity contribution in [2.75, 3.05) is 26.2 Å². The molecule has 1 aliphatic rings. The Balaban J connectivity index is 1.58. The Hall–Kier alpha value is -2.45. The van der Waals surface area contributed by atoms with E-state index in [4.69, 9.17) is 0 Å². The Kier molecular flexibility index (Phi) is 6.00. The van der Waals surface area contributed by atoms with Crippen molar-refractivity contribution in [3.63, 3.8) is 0 Å². The van der Waals surface area contributed by atoms with Crippen molar-refractivity contribution in [1.82, 2.24) is 19.0 Å². The van der Waals surface area contributed by atoms with E-state index in [1.54, 1.807) is 21.7 Å². The van der Waals surface area contributed by atoms with Gasteiger partial charge in [0.25, 0.3) is 0 Å². The molecule has 2 aromatic rings. The lowest BCUT2D eigenvalue weighted by molar-refractivity contribution is -0.127. The molecule has 2 heterocycles. The van der Waals surface area contributed by atoms with E-state index in [-0.39, 0.29) is 11.7 Å². The summed E-state index contributed by atoms with van der Waals surface area (Å²) in [5.41, 5.74) is 3.59. The number of hydrogen-bond acceptors (Lipinski definition) is 4. The largest absolute Gasteiger partial charge is 0.337 e. The lowest BCUT2D eigenvalue weighted by Crippen LogP contribution is -2.50. The molecule has 1 amide bonds. The lowest BCUT2D eigenvalue weighted by Gasteiger charge is -2.33. The first-order valence-corrected chi connectivity index (χ1v) is 10.9. The molecule has 0 N–H and O–H groups in total. The molecular formula is C20H26N4O3S. The molecule has 1 aromatic carbocycles. The molecule has 0 bridgehead atoms. The number of carbonyl (C=O) groups excluding carboxylic acids is 1. The smallest absolute Gasteiger partial charge is 0.246 e. The third-order valence-electron chi connectivity index (χ3n) is 5.09. The average Bonchev–Trinajstić information content (AvgIpc) is 2.92. The van der Waals surface area contributed by atoms with Gasteiger partial charge >= 0.3 is 0 Å². The van der Waals surface area contributed by atoms with Gasteiger partial charge in [-0.15, -0.1) is 0 Å². The zero-order valence-electron chi connectivity index (χ0n) is 16.5. The van der Waals surface area contributed by atoms with Gasteiger partial charge in [0, 0.05) is 50.6 Å². The average molecular weight is 403 g/mol. The van der Waals surface area contributed by atoms with Crippen molar-refractivity contribution in [3.05, 3.63) is 58.9 Å². The fourth-order valence-electron chi connectivity index (χ4n) is 3.35. The molecule has 1 saturated heterocycles. The fourth-order valence-corrected chi connectivity index (χ4v) is 4.87. The number of rotatable bonds is 5. The second-order valence-corrected chi connectivity index (χ2v) is 8.98. The van der Waals surface area contributed by atoms with Gasteiger partial charge < -0.3 is 4.90 Å². The summed E-state index contributed by atoms with van der Waals surface area (Å²) < 4.78 is 28.5. The maximum atomic E-state index is 12.6. The van der Waals surface area contributed by atoms with Gasteiger partial charge in [-0.3, -0.25) is 9.48 Å². The topological polar surface area (TPSA) is 75.5 Å². The van der Waals surface area contributed by atoms with Crippen LogP contribution in [0.15, 0.2) is 36.4 Å². The van der Waals surface area contributed by atoms with Gasteiger partial charge in [-0.25, -0.2) is 8.42 Å². The van der Waals surface area contributed by atoms with Crippen molar-refractivity contribution in [1.29, 1.82) is 0 Å². The van der Waals surface area contributed by atoms with E-state index >= 15 is 0 Å². The Morgan fingerprint density at radius 1 is 1.11 bits per heavy atom. The number of nitrogens with zero attached hydrogens (tertiary/aromatic N) is 4. The summed E-state index contributed by atoms with van der Waals surface area (Å²) in [5, 5.41) is 4.34. The van der Waals surface area contributed by atoms with Gasteiger partial charge in [-0.05, 0) is 25.5 Å². The second kappa shape index (κ2) is 8.28. The molecule has 0 saturated carbocycles. The number of carbonyl (C=O) groups is 1. The zero-order chi connectivity index (χ0) is 20.3. The molecule has 28 heavy (non-hydrogen) atoms. The highest BCUT2D eigenvalue weighted by atomic mass is 32.2. The number of amides is 1. The third kappa shape index (κ3) is 4.51. The van der Waals surface area contributed by atoms with E-state index in [0.29, 0.717) is 26.2 Å². The SMILES string of the molecule is Cc1nn(C)c(C)c1/C=C/C(=O)N1CCN(S(=O)(=O)Cc2ccccc2)CC1. The molecule has 150 valence electrons. The van der Waals surface area contributed by atoms with E-state index in [2.05, 4.69) is 5.10 Å². The van der Waals surface area contributed by atoms with Gasteiger partial charge in [0.05, 0.1) is 11.4 Å². The quantitative estimate of drug-likeness (QED) is 0.714. The molecule has 1 aliphatic heterocycles. The standard InChI is InChI=1S/C20H26N4O3S/c1-16-19(17(2)22(3)21-16)9-10-20(25)23-11-13-24(14-12-23)28(26,27)15-18-7-5-4-6-8-18/h4-10H,11-15H2,1-3H3/b10-9+. The van der Waals surface area contributed by atoms with Gasteiger partial charge in [-0.2, -0.15) is 9.40 Å². The first-order valence-electron chi connectivity index (χ1n) is 9.27. The van der Waals surface area contributed by atoms with Crippen LogP contribution in [0.1, 0.15) is 22.5 Å². The first-order chi connectivity index (χ1) is 13.3. The Morgan fingerprint density at radius 2 is 1.75 bits per heavy atom. The predicted molar refractivity (Wildman–Crippen MR) is 109 cm³/mol. The van der Waals surface area contributed by atoms with Crippen LogP contribution < -0.4 is 0 Å². The summed E-state index contributed by atoms with van der Waals surface area (Å²) >= 11 is 0. The van der Waals surface area contributed by atoms with Crippen LogP contribution >= 0.6 is 0 Å². The minimum atomic E-state index is -3.38. The van der Waals surface area contributed by atoms with Crippen LogP contribution in [-0.4, -0.2) is 59.5 Å². The molecule has 3 rings (SSSR count). The zero-order valence-corrected chi connectivity index (χ0v) is 17.3. The van der Waals surface area contributed by atoms with Crippen molar-refractivity contribution < 1.29 is 13.2 Å². The molecular weight excluding hydrogens is 376 g/mol. The number of benzene rings is 1. The number of hydrogen-bond donors (Lipinski definition) is 0. The predicted octanol–water partition coefficient (Wildman–Crippen LogP) is 1.72. The molecule has 1 fully saturated rings. The highest BCUT2D eigenvalue weighted by molar-refractivity contribution is 7.88. The highest BCUT2D eigenvalue weighted by Crippen LogP contribution is 2.16. The number of sulfonamides is 1. The van der Waals surface area contributed by atoms with E-state index in [1.165, 1.54) is 4.31 Å². The summed E-state index contributed by atoms with van der Waals surface area (Å²) in [6, 6.07) is 9.15. The summed E-state index contributed by atoms with van der Waals surface area (Å²) in [4.78, 5) is 14.2. The summed E-state index contributed by atoms with van der Waals surface area (Å²) in [7, 11) is -1.51. The fraction of sp³-hybridized carbons (Fsp3) is 0.400. The van der Waals surface area contributed by atoms with Gasteiger partial charge in [0.2, 0.25) is 15.9 Å². The van der Waals surface area contributed by atoms with Crippen LogP contribution in [0.25, 0.3) is 6.08 Å².